The lowest BCUT2D eigenvalue weighted by Gasteiger charge is -2.43. The number of ether oxygens (including phenoxy) is 1. The molecule has 3 heterocycles. The molecule has 128 valence electrons. The molecule has 0 bridgehead atoms. The fourth-order valence-corrected chi connectivity index (χ4v) is 5.60. The summed E-state index contributed by atoms with van der Waals surface area (Å²) in [4.78, 5) is 16.2. The summed E-state index contributed by atoms with van der Waals surface area (Å²) >= 11 is 0. The van der Waals surface area contributed by atoms with Gasteiger partial charge in [-0.15, -0.1) is 0 Å². The van der Waals surface area contributed by atoms with Gasteiger partial charge in [-0.1, -0.05) is 6.92 Å². The molecule has 2 aliphatic heterocycles. The predicted octanol–water partition coefficient (Wildman–Crippen LogP) is -0.0485. The van der Waals surface area contributed by atoms with Crippen molar-refractivity contribution in [3.8, 4) is 5.75 Å². The molecule has 0 radical (unpaired) electrons. The van der Waals surface area contributed by atoms with Gasteiger partial charge < -0.3 is 9.15 Å². The van der Waals surface area contributed by atoms with Gasteiger partial charge >= 0.3 is 0 Å². The molecular weight excluding hydrogens is 320 g/mol. The molecule has 3 rings (SSSR count). The summed E-state index contributed by atoms with van der Waals surface area (Å²) in [6.07, 6.45) is 1.31. The molecular formula is C15H22N2O5S. The van der Waals surface area contributed by atoms with Gasteiger partial charge in [0.2, 0.25) is 11.2 Å². The fraction of sp³-hybridized carbons (Fsp3) is 0.667. The number of methoxy groups -OCH3 is 1. The molecule has 0 spiro atoms. The van der Waals surface area contributed by atoms with E-state index in [9.17, 15) is 13.2 Å². The third kappa shape index (κ3) is 3.29. The molecule has 8 heteroatoms. The maximum atomic E-state index is 12.1. The molecule has 7 nitrogen and oxygen atoms in total. The molecule has 0 aliphatic carbocycles. The number of fused-ring (bicyclic) bond motifs is 1. The molecule has 2 fully saturated rings. The van der Waals surface area contributed by atoms with E-state index in [4.69, 9.17) is 9.15 Å². The largest absolute Gasteiger partial charge is 0.490 e. The molecule has 0 aromatic carbocycles. The average Bonchev–Trinajstić information content (AvgIpc) is 2.83. The van der Waals surface area contributed by atoms with Crippen molar-refractivity contribution in [3.05, 3.63) is 28.3 Å². The van der Waals surface area contributed by atoms with Crippen LogP contribution in [0.2, 0.25) is 0 Å². The van der Waals surface area contributed by atoms with Crippen LogP contribution in [0.4, 0.5) is 0 Å². The summed E-state index contributed by atoms with van der Waals surface area (Å²) in [5, 5.41) is 0. The Morgan fingerprint density at radius 2 is 1.91 bits per heavy atom. The summed E-state index contributed by atoms with van der Waals surface area (Å²) in [6, 6.07) is 1.41. The normalized spacial score (nSPS) is 27.7. The molecule has 1 aromatic rings. The van der Waals surface area contributed by atoms with Gasteiger partial charge in [-0.2, -0.15) is 0 Å². The van der Waals surface area contributed by atoms with Gasteiger partial charge in [0.05, 0.1) is 25.2 Å². The number of hydrogen-bond donors (Lipinski definition) is 0. The van der Waals surface area contributed by atoms with E-state index >= 15 is 0 Å². The minimum atomic E-state index is -3.01. The standard InChI is InChI=1S/C15H22N2O5S/c1-3-16-4-5-17(13-10-23(19,20)9-12(13)16)7-11-6-14(18)15(21-2)8-22-11/h6,8,12-13H,3-5,7,9-10H2,1-2H3/t12-,13+/m1/s1. The predicted molar refractivity (Wildman–Crippen MR) is 85.4 cm³/mol. The van der Waals surface area contributed by atoms with Crippen molar-refractivity contribution in [1.29, 1.82) is 0 Å². The lowest BCUT2D eigenvalue weighted by molar-refractivity contribution is 0.0394. The Kier molecular flexibility index (Phi) is 4.48. The molecule has 0 N–H and O–H groups in total. The zero-order valence-corrected chi connectivity index (χ0v) is 14.2. The highest BCUT2D eigenvalue weighted by atomic mass is 32.2. The zero-order valence-electron chi connectivity index (χ0n) is 13.4. The van der Waals surface area contributed by atoms with Gasteiger partial charge in [0, 0.05) is 31.2 Å². The van der Waals surface area contributed by atoms with Crippen molar-refractivity contribution in [2.75, 3.05) is 38.2 Å². The maximum Gasteiger partial charge on any atom is 0.227 e. The van der Waals surface area contributed by atoms with E-state index in [1.807, 2.05) is 0 Å². The third-order valence-corrected chi connectivity index (χ3v) is 6.44. The highest BCUT2D eigenvalue weighted by molar-refractivity contribution is 7.91. The molecule has 0 saturated carbocycles. The molecule has 2 aliphatic rings. The monoisotopic (exact) mass is 342 g/mol. The van der Waals surface area contributed by atoms with Crippen molar-refractivity contribution in [2.45, 2.75) is 25.6 Å². The number of hydrogen-bond acceptors (Lipinski definition) is 7. The first-order chi connectivity index (χ1) is 10.9. The lowest BCUT2D eigenvalue weighted by Crippen LogP contribution is -2.58. The average molecular weight is 342 g/mol. The van der Waals surface area contributed by atoms with Crippen molar-refractivity contribution in [3.63, 3.8) is 0 Å². The highest BCUT2D eigenvalue weighted by Crippen LogP contribution is 2.27. The topological polar surface area (TPSA) is 80.1 Å². The lowest BCUT2D eigenvalue weighted by atomic mass is 10.0. The van der Waals surface area contributed by atoms with Crippen LogP contribution in [-0.4, -0.2) is 68.6 Å². The fourth-order valence-electron chi connectivity index (χ4n) is 3.56. The Labute approximate surface area is 135 Å². The number of likely N-dealkylation sites (N-methyl/N-ethyl adjacent to an activating group) is 1. The van der Waals surface area contributed by atoms with Crippen molar-refractivity contribution >= 4 is 9.84 Å². The van der Waals surface area contributed by atoms with Crippen LogP contribution in [0.25, 0.3) is 0 Å². The van der Waals surface area contributed by atoms with E-state index in [1.54, 1.807) is 0 Å². The van der Waals surface area contributed by atoms with Gasteiger partial charge in [-0.25, -0.2) is 8.42 Å². The van der Waals surface area contributed by atoms with E-state index in [-0.39, 0.29) is 34.8 Å². The number of sulfone groups is 1. The second kappa shape index (κ2) is 6.26. The van der Waals surface area contributed by atoms with E-state index in [2.05, 4.69) is 16.7 Å². The van der Waals surface area contributed by atoms with Gasteiger partial charge in [0.1, 0.15) is 12.0 Å². The molecule has 1 aromatic heterocycles. The number of rotatable bonds is 4. The number of nitrogens with zero attached hydrogens (tertiary/aromatic N) is 2. The molecule has 2 saturated heterocycles. The first kappa shape index (κ1) is 16.5. The highest BCUT2D eigenvalue weighted by Gasteiger charge is 2.46. The van der Waals surface area contributed by atoms with Crippen LogP contribution in [0.15, 0.2) is 21.5 Å². The summed E-state index contributed by atoms with van der Waals surface area (Å²) in [7, 11) is -1.59. The molecule has 0 amide bonds. The number of piperazine rings is 1. The van der Waals surface area contributed by atoms with Crippen molar-refractivity contribution in [1.82, 2.24) is 9.80 Å². The Bertz CT molecular complexity index is 730. The maximum absolute atomic E-state index is 12.1. The van der Waals surface area contributed by atoms with Crippen LogP contribution in [0.1, 0.15) is 12.7 Å². The van der Waals surface area contributed by atoms with Gasteiger partial charge in [-0.3, -0.25) is 14.6 Å². The minimum absolute atomic E-state index is 0.0312. The summed E-state index contributed by atoms with van der Waals surface area (Å²) in [5.41, 5.74) is -0.225. The second-order valence-corrected chi connectivity index (χ2v) is 8.24. The summed E-state index contributed by atoms with van der Waals surface area (Å²) < 4.78 is 34.5. The van der Waals surface area contributed by atoms with E-state index in [1.165, 1.54) is 19.4 Å². The van der Waals surface area contributed by atoms with Crippen LogP contribution >= 0.6 is 0 Å². The van der Waals surface area contributed by atoms with Crippen LogP contribution in [0.5, 0.6) is 5.75 Å². The smallest absolute Gasteiger partial charge is 0.227 e. The van der Waals surface area contributed by atoms with E-state index in [0.29, 0.717) is 12.3 Å². The quantitative estimate of drug-likeness (QED) is 0.759. The molecule has 0 unspecified atom stereocenters. The van der Waals surface area contributed by atoms with Crippen LogP contribution in [0, 0.1) is 0 Å². The van der Waals surface area contributed by atoms with Crippen molar-refractivity contribution < 1.29 is 17.6 Å². The zero-order chi connectivity index (χ0) is 16.6. The first-order valence-corrected chi connectivity index (χ1v) is 9.60. The van der Waals surface area contributed by atoms with E-state index in [0.717, 1.165) is 19.6 Å². The van der Waals surface area contributed by atoms with E-state index < -0.39 is 9.84 Å². The van der Waals surface area contributed by atoms with Crippen LogP contribution in [-0.2, 0) is 16.4 Å². The Morgan fingerprint density at radius 3 is 2.52 bits per heavy atom. The van der Waals surface area contributed by atoms with Crippen LogP contribution in [0.3, 0.4) is 0 Å². The SMILES string of the molecule is CCN1CCN(Cc2cc(=O)c(OC)co2)[C@H]2CS(=O)(=O)C[C@H]21. The Balaban J connectivity index is 1.80. The molecule has 2 atom stereocenters. The first-order valence-electron chi connectivity index (χ1n) is 7.77. The van der Waals surface area contributed by atoms with Crippen LogP contribution < -0.4 is 10.2 Å². The second-order valence-electron chi connectivity index (χ2n) is 6.09. The van der Waals surface area contributed by atoms with Gasteiger partial charge in [0.25, 0.3) is 0 Å². The van der Waals surface area contributed by atoms with Gasteiger partial charge in [-0.05, 0) is 6.54 Å². The summed E-state index contributed by atoms with van der Waals surface area (Å²) in [6.45, 7) is 4.93. The minimum Gasteiger partial charge on any atom is -0.490 e. The Morgan fingerprint density at radius 1 is 1.26 bits per heavy atom. The summed E-state index contributed by atoms with van der Waals surface area (Å²) in [5.74, 6) is 1.10. The van der Waals surface area contributed by atoms with Crippen molar-refractivity contribution in [2.24, 2.45) is 0 Å². The molecule has 23 heavy (non-hydrogen) atoms. The Hall–Kier alpha value is -1.38. The van der Waals surface area contributed by atoms with Gasteiger partial charge in [0.15, 0.2) is 9.84 Å². The third-order valence-electron chi connectivity index (χ3n) is 4.74.